The van der Waals surface area contributed by atoms with E-state index in [9.17, 15) is 4.79 Å². The summed E-state index contributed by atoms with van der Waals surface area (Å²) in [6, 6.07) is 11.3. The van der Waals surface area contributed by atoms with Crippen molar-refractivity contribution in [3.8, 4) is 5.75 Å². The van der Waals surface area contributed by atoms with Gasteiger partial charge in [0.2, 0.25) is 5.91 Å². The standard InChI is InChI=1S/C17H15BrClNO2/c1-10-6-13(18)2-4-15(10)20-17(21)12-7-11-8-14(19)3-5-16(11)22-9-12/h2-6,8,12H,7,9H2,1H3,(H,20,21). The van der Waals surface area contributed by atoms with E-state index in [0.29, 0.717) is 18.1 Å². The quantitative estimate of drug-likeness (QED) is 0.827. The third kappa shape index (κ3) is 3.28. The largest absolute Gasteiger partial charge is 0.492 e. The van der Waals surface area contributed by atoms with Crippen LogP contribution in [0, 0.1) is 12.8 Å². The molecule has 0 saturated heterocycles. The molecule has 1 unspecified atom stereocenters. The number of hydrogen-bond acceptors (Lipinski definition) is 2. The number of carbonyl (C=O) groups excluding carboxylic acids is 1. The highest BCUT2D eigenvalue weighted by Gasteiger charge is 2.26. The zero-order valence-electron chi connectivity index (χ0n) is 12.0. The monoisotopic (exact) mass is 379 g/mol. The van der Waals surface area contributed by atoms with Crippen LogP contribution in [-0.4, -0.2) is 12.5 Å². The molecule has 1 aliphatic rings. The maximum Gasteiger partial charge on any atom is 0.231 e. The van der Waals surface area contributed by atoms with Crippen LogP contribution >= 0.6 is 27.5 Å². The molecule has 3 nitrogen and oxygen atoms in total. The van der Waals surface area contributed by atoms with Gasteiger partial charge in [0.1, 0.15) is 12.4 Å². The van der Waals surface area contributed by atoms with Crippen LogP contribution in [0.25, 0.3) is 0 Å². The van der Waals surface area contributed by atoms with Gasteiger partial charge in [-0.1, -0.05) is 27.5 Å². The summed E-state index contributed by atoms with van der Waals surface area (Å²) < 4.78 is 6.67. The van der Waals surface area contributed by atoms with Crippen molar-refractivity contribution >= 4 is 39.1 Å². The van der Waals surface area contributed by atoms with Crippen molar-refractivity contribution < 1.29 is 9.53 Å². The van der Waals surface area contributed by atoms with Gasteiger partial charge in [-0.2, -0.15) is 0 Å². The Balaban J connectivity index is 1.74. The maximum absolute atomic E-state index is 12.5. The predicted molar refractivity (Wildman–Crippen MR) is 91.6 cm³/mol. The smallest absolute Gasteiger partial charge is 0.231 e. The first kappa shape index (κ1) is 15.4. The number of ether oxygens (including phenoxy) is 1. The summed E-state index contributed by atoms with van der Waals surface area (Å²) in [5.74, 6) is 0.568. The number of nitrogens with one attached hydrogen (secondary N) is 1. The van der Waals surface area contributed by atoms with Crippen LogP contribution in [-0.2, 0) is 11.2 Å². The molecular formula is C17H15BrClNO2. The minimum absolute atomic E-state index is 0.0314. The van der Waals surface area contributed by atoms with Crippen molar-refractivity contribution in [3.05, 3.63) is 57.0 Å². The Hall–Kier alpha value is -1.52. The van der Waals surface area contributed by atoms with Crippen molar-refractivity contribution in [1.29, 1.82) is 0 Å². The van der Waals surface area contributed by atoms with E-state index >= 15 is 0 Å². The molecule has 2 aromatic carbocycles. The molecular weight excluding hydrogens is 366 g/mol. The molecule has 0 aromatic heterocycles. The lowest BCUT2D eigenvalue weighted by atomic mass is 9.96. The molecule has 0 bridgehead atoms. The summed E-state index contributed by atoms with van der Waals surface area (Å²) >= 11 is 9.43. The number of benzene rings is 2. The van der Waals surface area contributed by atoms with Crippen LogP contribution in [0.3, 0.4) is 0 Å². The Morgan fingerprint density at radius 2 is 2.14 bits per heavy atom. The van der Waals surface area contributed by atoms with Crippen LogP contribution < -0.4 is 10.1 Å². The third-order valence-corrected chi connectivity index (χ3v) is 4.47. The highest BCUT2D eigenvalue weighted by atomic mass is 79.9. The summed E-state index contributed by atoms with van der Waals surface area (Å²) in [4.78, 5) is 12.5. The number of rotatable bonds is 2. The molecule has 1 heterocycles. The third-order valence-electron chi connectivity index (χ3n) is 3.75. The van der Waals surface area contributed by atoms with Gasteiger partial charge in [-0.05, 0) is 60.9 Å². The number of carbonyl (C=O) groups is 1. The summed E-state index contributed by atoms with van der Waals surface area (Å²) in [7, 11) is 0. The molecule has 3 rings (SSSR count). The summed E-state index contributed by atoms with van der Waals surface area (Å²) in [6.07, 6.45) is 0.636. The lowest BCUT2D eigenvalue weighted by Gasteiger charge is -2.25. The number of amides is 1. The first-order valence-electron chi connectivity index (χ1n) is 7.01. The van der Waals surface area contributed by atoms with Gasteiger partial charge in [-0.3, -0.25) is 4.79 Å². The van der Waals surface area contributed by atoms with Gasteiger partial charge >= 0.3 is 0 Å². The van der Waals surface area contributed by atoms with Crippen LogP contribution in [0.2, 0.25) is 5.02 Å². The summed E-state index contributed by atoms with van der Waals surface area (Å²) in [5, 5.41) is 3.64. The second-order valence-electron chi connectivity index (χ2n) is 5.41. The molecule has 1 atom stereocenters. The number of aryl methyl sites for hydroxylation is 1. The fourth-order valence-electron chi connectivity index (χ4n) is 2.53. The second kappa shape index (κ2) is 6.31. The normalized spacial score (nSPS) is 16.6. The first-order valence-corrected chi connectivity index (χ1v) is 8.18. The lowest BCUT2D eigenvalue weighted by molar-refractivity contribution is -0.121. The van der Waals surface area contributed by atoms with E-state index in [1.54, 1.807) is 6.07 Å². The fourth-order valence-corrected chi connectivity index (χ4v) is 3.20. The van der Waals surface area contributed by atoms with Crippen molar-refractivity contribution in [2.24, 2.45) is 5.92 Å². The Bertz CT molecular complexity index is 733. The average Bonchev–Trinajstić information content (AvgIpc) is 2.49. The van der Waals surface area contributed by atoms with Crippen molar-refractivity contribution in [3.63, 3.8) is 0 Å². The molecule has 2 aromatic rings. The Labute approximate surface area is 142 Å². The molecule has 0 saturated carbocycles. The van der Waals surface area contributed by atoms with E-state index in [2.05, 4.69) is 21.2 Å². The number of fused-ring (bicyclic) bond motifs is 1. The predicted octanol–water partition coefficient (Wildman–Crippen LogP) is 4.60. The summed E-state index contributed by atoms with van der Waals surface area (Å²) in [5.41, 5.74) is 2.82. The maximum atomic E-state index is 12.5. The molecule has 0 aliphatic carbocycles. The molecule has 22 heavy (non-hydrogen) atoms. The Kier molecular flexibility index (Phi) is 4.41. The van der Waals surface area contributed by atoms with Crippen LogP contribution in [0.4, 0.5) is 5.69 Å². The van der Waals surface area contributed by atoms with E-state index in [1.807, 2.05) is 37.3 Å². The number of hydrogen-bond donors (Lipinski definition) is 1. The van der Waals surface area contributed by atoms with Gasteiger partial charge in [-0.15, -0.1) is 0 Å². The zero-order chi connectivity index (χ0) is 15.7. The highest BCUT2D eigenvalue weighted by molar-refractivity contribution is 9.10. The molecule has 1 amide bonds. The van der Waals surface area contributed by atoms with E-state index in [-0.39, 0.29) is 11.8 Å². The molecule has 1 aliphatic heterocycles. The van der Waals surface area contributed by atoms with Gasteiger partial charge < -0.3 is 10.1 Å². The topological polar surface area (TPSA) is 38.3 Å². The number of halogens is 2. The second-order valence-corrected chi connectivity index (χ2v) is 6.76. The van der Waals surface area contributed by atoms with E-state index < -0.39 is 0 Å². The van der Waals surface area contributed by atoms with Gasteiger partial charge in [0.25, 0.3) is 0 Å². The summed E-state index contributed by atoms with van der Waals surface area (Å²) in [6.45, 7) is 2.35. The van der Waals surface area contributed by atoms with Crippen molar-refractivity contribution in [2.45, 2.75) is 13.3 Å². The van der Waals surface area contributed by atoms with Gasteiger partial charge in [0.15, 0.2) is 0 Å². The van der Waals surface area contributed by atoms with Gasteiger partial charge in [-0.25, -0.2) is 0 Å². The lowest BCUT2D eigenvalue weighted by Crippen LogP contribution is -2.32. The SMILES string of the molecule is Cc1cc(Br)ccc1NC(=O)C1COc2ccc(Cl)cc2C1. The van der Waals surface area contributed by atoms with Gasteiger partial charge in [0.05, 0.1) is 5.92 Å². The van der Waals surface area contributed by atoms with Crippen LogP contribution in [0.5, 0.6) is 5.75 Å². The molecule has 1 N–H and O–H groups in total. The van der Waals surface area contributed by atoms with E-state index in [1.165, 1.54) is 0 Å². The fraction of sp³-hybridized carbons (Fsp3) is 0.235. The Morgan fingerprint density at radius 3 is 2.91 bits per heavy atom. The minimum atomic E-state index is -0.214. The highest BCUT2D eigenvalue weighted by Crippen LogP contribution is 2.30. The zero-order valence-corrected chi connectivity index (χ0v) is 14.4. The van der Waals surface area contributed by atoms with Crippen molar-refractivity contribution in [2.75, 3.05) is 11.9 Å². The van der Waals surface area contributed by atoms with Crippen LogP contribution in [0.15, 0.2) is 40.9 Å². The molecule has 114 valence electrons. The van der Waals surface area contributed by atoms with E-state index in [4.69, 9.17) is 16.3 Å². The first-order chi connectivity index (χ1) is 10.5. The van der Waals surface area contributed by atoms with E-state index in [0.717, 1.165) is 27.0 Å². The molecule has 0 spiro atoms. The average molecular weight is 381 g/mol. The molecule has 0 radical (unpaired) electrons. The number of anilines is 1. The van der Waals surface area contributed by atoms with Gasteiger partial charge in [0, 0.05) is 15.2 Å². The van der Waals surface area contributed by atoms with Crippen LogP contribution in [0.1, 0.15) is 11.1 Å². The molecule has 0 fully saturated rings. The molecule has 5 heteroatoms. The Morgan fingerprint density at radius 1 is 1.32 bits per heavy atom. The minimum Gasteiger partial charge on any atom is -0.492 e. The van der Waals surface area contributed by atoms with Crippen molar-refractivity contribution in [1.82, 2.24) is 0 Å².